The zero-order chi connectivity index (χ0) is 21.9. The van der Waals surface area contributed by atoms with Crippen molar-refractivity contribution in [1.29, 1.82) is 0 Å². The van der Waals surface area contributed by atoms with Crippen LogP contribution in [0.1, 0.15) is 38.4 Å². The number of carbonyl (C=O) groups is 1. The molecule has 1 amide bonds. The fourth-order valence-electron chi connectivity index (χ4n) is 3.50. The van der Waals surface area contributed by atoms with Gasteiger partial charge in [0.15, 0.2) is 0 Å². The van der Waals surface area contributed by atoms with Gasteiger partial charge in [0.25, 0.3) is 5.91 Å². The van der Waals surface area contributed by atoms with Crippen LogP contribution in [0.2, 0.25) is 0 Å². The first-order valence-electron chi connectivity index (χ1n) is 9.74. The van der Waals surface area contributed by atoms with Crippen molar-refractivity contribution in [2.75, 3.05) is 7.05 Å². The number of para-hydroxylation sites is 1. The van der Waals surface area contributed by atoms with Crippen LogP contribution in [0.25, 0.3) is 5.69 Å². The zero-order valence-electron chi connectivity index (χ0n) is 17.7. The molecule has 1 heterocycles. The molecule has 0 saturated carbocycles. The van der Waals surface area contributed by atoms with Gasteiger partial charge in [0.2, 0.25) is 10.0 Å². The van der Waals surface area contributed by atoms with Gasteiger partial charge in [-0.3, -0.25) is 4.79 Å². The largest absolute Gasteiger partial charge is 0.348 e. The van der Waals surface area contributed by atoms with Crippen molar-refractivity contribution in [1.82, 2.24) is 14.6 Å². The minimum atomic E-state index is -3.30. The summed E-state index contributed by atoms with van der Waals surface area (Å²) in [5.41, 5.74) is 6.36. The Morgan fingerprint density at radius 3 is 2.23 bits per heavy atom. The second kappa shape index (κ2) is 8.85. The van der Waals surface area contributed by atoms with Crippen molar-refractivity contribution in [2.24, 2.45) is 0 Å². The molecule has 1 aromatic heterocycles. The number of nitrogens with one attached hydrogen (secondary N) is 2. The summed E-state index contributed by atoms with van der Waals surface area (Å²) in [6, 6.07) is 17.2. The Balaban J connectivity index is 1.72. The van der Waals surface area contributed by atoms with E-state index in [0.717, 1.165) is 28.2 Å². The third kappa shape index (κ3) is 4.80. The van der Waals surface area contributed by atoms with Gasteiger partial charge in [0.1, 0.15) is 0 Å². The van der Waals surface area contributed by atoms with Crippen molar-refractivity contribution < 1.29 is 13.2 Å². The monoisotopic (exact) mass is 425 g/mol. The van der Waals surface area contributed by atoms with Gasteiger partial charge >= 0.3 is 0 Å². The summed E-state index contributed by atoms with van der Waals surface area (Å²) in [7, 11) is -1.90. The molecule has 3 aromatic rings. The van der Waals surface area contributed by atoms with Crippen molar-refractivity contribution in [3.05, 3.63) is 88.2 Å². The van der Waals surface area contributed by atoms with Crippen LogP contribution in [-0.4, -0.2) is 25.9 Å². The van der Waals surface area contributed by atoms with Gasteiger partial charge in [-0.2, -0.15) is 0 Å². The van der Waals surface area contributed by atoms with E-state index in [-0.39, 0.29) is 11.7 Å². The Morgan fingerprint density at radius 2 is 1.60 bits per heavy atom. The average molecular weight is 426 g/mol. The van der Waals surface area contributed by atoms with Crippen LogP contribution >= 0.6 is 0 Å². The lowest BCUT2D eigenvalue weighted by Crippen LogP contribution is -2.23. The number of nitrogens with zero attached hydrogens (tertiary/aromatic N) is 1. The predicted molar refractivity (Wildman–Crippen MR) is 119 cm³/mol. The molecule has 0 unspecified atom stereocenters. The Labute approximate surface area is 178 Å². The summed E-state index contributed by atoms with van der Waals surface area (Å²) >= 11 is 0. The van der Waals surface area contributed by atoms with Gasteiger partial charge < -0.3 is 9.88 Å². The van der Waals surface area contributed by atoms with Gasteiger partial charge in [-0.05, 0) is 56.6 Å². The number of benzene rings is 2. The van der Waals surface area contributed by atoms with Crippen molar-refractivity contribution >= 4 is 15.9 Å². The smallest absolute Gasteiger partial charge is 0.253 e. The van der Waals surface area contributed by atoms with E-state index in [1.54, 1.807) is 12.1 Å². The SMILES string of the molecule is CNS(=O)(=O)Cc1ccc(CNC(=O)c2cc(C)n(-c3ccccc3C)c2C)cc1. The third-order valence-corrected chi connectivity index (χ3v) is 6.51. The molecule has 2 N–H and O–H groups in total. The molecule has 3 rings (SSSR count). The molecule has 0 fully saturated rings. The van der Waals surface area contributed by atoms with E-state index in [1.807, 2.05) is 50.2 Å². The summed E-state index contributed by atoms with van der Waals surface area (Å²) in [6.45, 7) is 6.37. The van der Waals surface area contributed by atoms with Crippen LogP contribution in [0.3, 0.4) is 0 Å². The fraction of sp³-hybridized carbons (Fsp3) is 0.261. The first-order valence-corrected chi connectivity index (χ1v) is 11.4. The van der Waals surface area contributed by atoms with Gasteiger partial charge in [-0.1, -0.05) is 42.5 Å². The van der Waals surface area contributed by atoms with E-state index in [9.17, 15) is 13.2 Å². The van der Waals surface area contributed by atoms with Crippen molar-refractivity contribution in [3.8, 4) is 5.69 Å². The lowest BCUT2D eigenvalue weighted by molar-refractivity contribution is 0.0950. The summed E-state index contributed by atoms with van der Waals surface area (Å²) in [4.78, 5) is 12.8. The Kier molecular flexibility index (Phi) is 6.43. The maximum Gasteiger partial charge on any atom is 0.253 e. The molecule has 30 heavy (non-hydrogen) atoms. The zero-order valence-corrected chi connectivity index (χ0v) is 18.5. The highest BCUT2D eigenvalue weighted by molar-refractivity contribution is 7.88. The second-order valence-electron chi connectivity index (χ2n) is 7.37. The van der Waals surface area contributed by atoms with Crippen molar-refractivity contribution in [2.45, 2.75) is 33.1 Å². The number of aryl methyl sites for hydroxylation is 2. The second-order valence-corrected chi connectivity index (χ2v) is 9.30. The molecule has 158 valence electrons. The average Bonchev–Trinajstić information content (AvgIpc) is 3.01. The maximum atomic E-state index is 12.8. The van der Waals surface area contributed by atoms with Crippen LogP contribution in [0, 0.1) is 20.8 Å². The predicted octanol–water partition coefficient (Wildman–Crippen LogP) is 3.38. The summed E-state index contributed by atoms with van der Waals surface area (Å²) in [6.07, 6.45) is 0. The molecule has 0 aliphatic rings. The molecule has 0 saturated heterocycles. The minimum absolute atomic E-state index is 0.0684. The van der Waals surface area contributed by atoms with E-state index < -0.39 is 10.0 Å². The van der Waals surface area contributed by atoms with Crippen LogP contribution in [0.4, 0.5) is 0 Å². The number of carbonyl (C=O) groups excluding carboxylic acids is 1. The highest BCUT2D eigenvalue weighted by Gasteiger charge is 2.17. The molecule has 0 aliphatic heterocycles. The molecular weight excluding hydrogens is 398 g/mol. The number of amides is 1. The summed E-state index contributed by atoms with van der Waals surface area (Å²) in [5, 5.41) is 2.96. The Bertz CT molecular complexity index is 1160. The number of rotatable bonds is 7. The number of hydrogen-bond acceptors (Lipinski definition) is 3. The van der Waals surface area contributed by atoms with Crippen LogP contribution < -0.4 is 10.0 Å². The van der Waals surface area contributed by atoms with E-state index in [0.29, 0.717) is 17.7 Å². The molecule has 2 aromatic carbocycles. The van der Waals surface area contributed by atoms with Crippen molar-refractivity contribution in [3.63, 3.8) is 0 Å². The summed E-state index contributed by atoms with van der Waals surface area (Å²) < 4.78 is 27.7. The molecule has 7 heteroatoms. The number of sulfonamides is 1. The van der Waals surface area contributed by atoms with Crippen LogP contribution in [0.5, 0.6) is 0 Å². The highest BCUT2D eigenvalue weighted by Crippen LogP contribution is 2.23. The first-order chi connectivity index (χ1) is 14.2. The Hall–Kier alpha value is -2.90. The standard InChI is InChI=1S/C23H27N3O3S/c1-16-7-5-6-8-22(16)26-17(2)13-21(18(26)3)23(27)25-14-19-9-11-20(12-10-19)15-30(28,29)24-4/h5-13,24H,14-15H2,1-4H3,(H,25,27). The fourth-order valence-corrected chi connectivity index (χ4v) is 4.28. The van der Waals surface area contributed by atoms with E-state index >= 15 is 0 Å². The van der Waals surface area contributed by atoms with Gasteiger partial charge in [0.05, 0.1) is 11.3 Å². The highest BCUT2D eigenvalue weighted by atomic mass is 32.2. The molecule has 0 bridgehead atoms. The lowest BCUT2D eigenvalue weighted by atomic mass is 10.1. The first kappa shape index (κ1) is 21.8. The normalized spacial score (nSPS) is 11.5. The minimum Gasteiger partial charge on any atom is -0.348 e. The topological polar surface area (TPSA) is 80.2 Å². The number of aromatic nitrogens is 1. The molecule has 0 aliphatic carbocycles. The quantitative estimate of drug-likeness (QED) is 0.609. The van der Waals surface area contributed by atoms with E-state index in [1.165, 1.54) is 7.05 Å². The van der Waals surface area contributed by atoms with E-state index in [4.69, 9.17) is 0 Å². The summed E-state index contributed by atoms with van der Waals surface area (Å²) in [5.74, 6) is -0.203. The number of hydrogen-bond donors (Lipinski definition) is 2. The van der Waals surface area contributed by atoms with Gasteiger partial charge in [-0.15, -0.1) is 0 Å². The van der Waals surface area contributed by atoms with Gasteiger partial charge in [0, 0.05) is 23.6 Å². The maximum absolute atomic E-state index is 12.8. The van der Waals surface area contributed by atoms with Gasteiger partial charge in [-0.25, -0.2) is 13.1 Å². The molecule has 0 spiro atoms. The lowest BCUT2D eigenvalue weighted by Gasteiger charge is -2.13. The molecular formula is C23H27N3O3S. The third-order valence-electron chi connectivity index (χ3n) is 5.18. The van der Waals surface area contributed by atoms with E-state index in [2.05, 4.69) is 27.6 Å². The molecule has 0 atom stereocenters. The molecule has 6 nitrogen and oxygen atoms in total. The van der Waals surface area contributed by atoms with Crippen LogP contribution in [-0.2, 0) is 22.3 Å². The van der Waals surface area contributed by atoms with Crippen LogP contribution in [0.15, 0.2) is 54.6 Å². The molecule has 0 radical (unpaired) electrons. The Morgan fingerprint density at radius 1 is 0.967 bits per heavy atom.